The first kappa shape index (κ1) is 15.5. The summed E-state index contributed by atoms with van der Waals surface area (Å²) in [4.78, 5) is 19.1. The van der Waals surface area contributed by atoms with Gasteiger partial charge in [-0.1, -0.05) is 24.0 Å². The van der Waals surface area contributed by atoms with Crippen LogP contribution in [0.25, 0.3) is 0 Å². The second-order valence-corrected chi connectivity index (χ2v) is 4.12. The first-order valence-corrected chi connectivity index (χ1v) is 6.18. The second kappa shape index (κ2) is 6.72. The molecule has 0 radical (unpaired) electrons. The van der Waals surface area contributed by atoms with Crippen LogP contribution in [0.15, 0.2) is 42.9 Å². The Bertz CT molecular complexity index is 718. The van der Waals surface area contributed by atoms with Crippen molar-refractivity contribution in [1.29, 1.82) is 0 Å². The highest BCUT2D eigenvalue weighted by molar-refractivity contribution is 5.91. The van der Waals surface area contributed by atoms with Gasteiger partial charge in [0.1, 0.15) is 5.69 Å². The Morgan fingerprint density at radius 3 is 2.68 bits per heavy atom. The van der Waals surface area contributed by atoms with Crippen molar-refractivity contribution in [2.75, 3.05) is 6.54 Å². The summed E-state index contributed by atoms with van der Waals surface area (Å²) in [5, 5.41) is 2.43. The van der Waals surface area contributed by atoms with Gasteiger partial charge in [-0.25, -0.2) is 4.98 Å². The van der Waals surface area contributed by atoms with E-state index >= 15 is 0 Å². The van der Waals surface area contributed by atoms with E-state index < -0.39 is 17.6 Å². The maximum absolute atomic E-state index is 12.8. The number of rotatable bonds is 2. The summed E-state index contributed by atoms with van der Waals surface area (Å²) in [6.07, 6.45) is -0.402. The Morgan fingerprint density at radius 2 is 2.00 bits per heavy atom. The van der Waals surface area contributed by atoms with E-state index in [-0.39, 0.29) is 17.8 Å². The van der Waals surface area contributed by atoms with Crippen molar-refractivity contribution in [2.45, 2.75) is 6.18 Å². The third-order valence-electron chi connectivity index (χ3n) is 2.59. The number of halogens is 3. The number of amides is 1. The molecule has 1 aromatic carbocycles. The smallest absolute Gasteiger partial charge is 0.340 e. The van der Waals surface area contributed by atoms with Gasteiger partial charge in [-0.3, -0.25) is 9.78 Å². The number of alkyl halides is 3. The highest BCUT2D eigenvalue weighted by Gasteiger charge is 2.32. The molecule has 0 fully saturated rings. The predicted octanol–water partition coefficient (Wildman–Crippen LogP) is 2.28. The van der Waals surface area contributed by atoms with Crippen molar-refractivity contribution in [3.05, 3.63) is 59.7 Å². The van der Waals surface area contributed by atoms with Crippen LogP contribution in [0.1, 0.15) is 21.6 Å². The van der Waals surface area contributed by atoms with Gasteiger partial charge in [0.05, 0.1) is 18.3 Å². The maximum atomic E-state index is 12.8. The molecule has 1 aromatic heterocycles. The lowest BCUT2D eigenvalue weighted by Crippen LogP contribution is -2.24. The Labute approximate surface area is 124 Å². The van der Waals surface area contributed by atoms with Gasteiger partial charge < -0.3 is 5.32 Å². The largest absolute Gasteiger partial charge is 0.417 e. The molecule has 22 heavy (non-hydrogen) atoms. The molecule has 0 unspecified atom stereocenters. The van der Waals surface area contributed by atoms with Gasteiger partial charge in [-0.2, -0.15) is 13.2 Å². The van der Waals surface area contributed by atoms with Gasteiger partial charge >= 0.3 is 6.18 Å². The first-order chi connectivity index (χ1) is 10.5. The molecule has 0 aliphatic carbocycles. The van der Waals surface area contributed by atoms with Crippen molar-refractivity contribution in [1.82, 2.24) is 15.3 Å². The maximum Gasteiger partial charge on any atom is 0.417 e. The van der Waals surface area contributed by atoms with Crippen LogP contribution in [-0.4, -0.2) is 22.4 Å². The van der Waals surface area contributed by atoms with Gasteiger partial charge in [0, 0.05) is 18.0 Å². The Morgan fingerprint density at radius 1 is 1.23 bits per heavy atom. The third-order valence-corrected chi connectivity index (χ3v) is 2.59. The lowest BCUT2D eigenvalue weighted by Gasteiger charge is -2.08. The molecule has 1 heterocycles. The molecule has 1 amide bonds. The van der Waals surface area contributed by atoms with Crippen LogP contribution in [0.3, 0.4) is 0 Å². The Hall–Kier alpha value is -2.88. The van der Waals surface area contributed by atoms with Crippen molar-refractivity contribution in [3.8, 4) is 11.8 Å². The number of nitrogens with one attached hydrogen (secondary N) is 1. The highest BCUT2D eigenvalue weighted by atomic mass is 19.4. The summed E-state index contributed by atoms with van der Waals surface area (Å²) in [7, 11) is 0. The van der Waals surface area contributed by atoms with E-state index in [9.17, 15) is 18.0 Å². The van der Waals surface area contributed by atoms with Gasteiger partial charge in [0.15, 0.2) is 0 Å². The molecule has 0 aliphatic rings. The fourth-order valence-electron chi connectivity index (χ4n) is 1.61. The quantitative estimate of drug-likeness (QED) is 0.866. The highest BCUT2D eigenvalue weighted by Crippen LogP contribution is 2.31. The Kier molecular flexibility index (Phi) is 4.73. The Balaban J connectivity index is 2.02. The van der Waals surface area contributed by atoms with Gasteiger partial charge in [0.25, 0.3) is 5.91 Å². The molecule has 4 nitrogen and oxygen atoms in total. The first-order valence-electron chi connectivity index (χ1n) is 6.18. The SMILES string of the molecule is O=C(NCC#Cc1ccccc1C(F)(F)F)c1cnccn1. The van der Waals surface area contributed by atoms with Crippen molar-refractivity contribution >= 4 is 5.91 Å². The summed E-state index contributed by atoms with van der Waals surface area (Å²) >= 11 is 0. The van der Waals surface area contributed by atoms with Crippen LogP contribution in [0.2, 0.25) is 0 Å². The van der Waals surface area contributed by atoms with Crippen molar-refractivity contribution < 1.29 is 18.0 Å². The average molecular weight is 305 g/mol. The van der Waals surface area contributed by atoms with E-state index in [1.54, 1.807) is 0 Å². The molecule has 0 atom stereocenters. The minimum atomic E-state index is -4.46. The van der Waals surface area contributed by atoms with Crippen molar-refractivity contribution in [3.63, 3.8) is 0 Å². The van der Waals surface area contributed by atoms with Gasteiger partial charge in [0.2, 0.25) is 0 Å². The second-order valence-electron chi connectivity index (χ2n) is 4.12. The standard InChI is InChI=1S/C15H10F3N3O/c16-15(17,18)12-6-2-1-4-11(12)5-3-7-21-14(22)13-10-19-8-9-20-13/h1-2,4,6,8-10H,7H2,(H,21,22). The summed E-state index contributed by atoms with van der Waals surface area (Å²) < 4.78 is 38.3. The minimum absolute atomic E-state index is 0.0956. The molecular formula is C15H10F3N3O. The van der Waals surface area contributed by atoms with Gasteiger partial charge in [-0.15, -0.1) is 0 Å². The number of carbonyl (C=O) groups is 1. The lowest BCUT2D eigenvalue weighted by molar-refractivity contribution is -0.137. The molecule has 0 aliphatic heterocycles. The van der Waals surface area contributed by atoms with Crippen LogP contribution in [-0.2, 0) is 6.18 Å². The molecule has 0 saturated heterocycles. The molecule has 7 heteroatoms. The summed E-state index contributed by atoms with van der Waals surface area (Å²) in [5.41, 5.74) is -0.827. The summed E-state index contributed by atoms with van der Waals surface area (Å²) in [6.45, 7) is -0.0956. The number of hydrogen-bond donors (Lipinski definition) is 1. The number of aromatic nitrogens is 2. The minimum Gasteiger partial charge on any atom is -0.340 e. The molecule has 2 aromatic rings. The number of hydrogen-bond acceptors (Lipinski definition) is 3. The molecule has 0 spiro atoms. The van der Waals surface area contributed by atoms with Crippen LogP contribution >= 0.6 is 0 Å². The van der Waals surface area contributed by atoms with Crippen LogP contribution in [0.5, 0.6) is 0 Å². The fraction of sp³-hybridized carbons (Fsp3) is 0.133. The van der Waals surface area contributed by atoms with E-state index in [2.05, 4.69) is 27.1 Å². The summed E-state index contributed by atoms with van der Waals surface area (Å²) in [5.74, 6) is 4.40. The van der Waals surface area contributed by atoms with E-state index in [4.69, 9.17) is 0 Å². The molecule has 2 rings (SSSR count). The topological polar surface area (TPSA) is 54.9 Å². The number of benzene rings is 1. The van der Waals surface area contributed by atoms with Crippen LogP contribution < -0.4 is 5.32 Å². The zero-order valence-corrected chi connectivity index (χ0v) is 11.2. The lowest BCUT2D eigenvalue weighted by atomic mass is 10.1. The monoisotopic (exact) mass is 305 g/mol. The zero-order chi connectivity index (χ0) is 16.0. The van der Waals surface area contributed by atoms with E-state index in [0.717, 1.165) is 6.07 Å². The molecule has 112 valence electrons. The van der Waals surface area contributed by atoms with E-state index in [0.29, 0.717) is 0 Å². The summed E-state index contributed by atoms with van der Waals surface area (Å²) in [6, 6.07) is 5.00. The number of carbonyl (C=O) groups excluding carboxylic acids is 1. The predicted molar refractivity (Wildman–Crippen MR) is 72.7 cm³/mol. The van der Waals surface area contributed by atoms with E-state index in [1.165, 1.54) is 36.8 Å². The average Bonchev–Trinajstić information content (AvgIpc) is 2.51. The van der Waals surface area contributed by atoms with E-state index in [1.807, 2.05) is 0 Å². The normalized spacial score (nSPS) is 10.5. The van der Waals surface area contributed by atoms with Gasteiger partial charge in [-0.05, 0) is 12.1 Å². The molecule has 0 bridgehead atoms. The zero-order valence-electron chi connectivity index (χ0n) is 11.2. The third kappa shape index (κ3) is 4.06. The molecule has 1 N–H and O–H groups in total. The molecular weight excluding hydrogens is 295 g/mol. The fourth-order valence-corrected chi connectivity index (χ4v) is 1.61. The molecule has 0 saturated carbocycles. The van der Waals surface area contributed by atoms with Crippen molar-refractivity contribution in [2.24, 2.45) is 0 Å². The number of nitrogens with zero attached hydrogens (tertiary/aromatic N) is 2. The van der Waals surface area contributed by atoms with Crippen LogP contribution in [0, 0.1) is 11.8 Å². The van der Waals surface area contributed by atoms with Crippen LogP contribution in [0.4, 0.5) is 13.2 Å².